The summed E-state index contributed by atoms with van der Waals surface area (Å²) >= 11 is 0. The van der Waals surface area contributed by atoms with E-state index in [4.69, 9.17) is 4.74 Å². The SMILES string of the molecule is Cc1ccc(CCN(C[C@H]2CCCO2)C(=O)c2cnn3ccc(C)nc23)cc1. The first-order valence-electron chi connectivity index (χ1n) is 9.87. The summed E-state index contributed by atoms with van der Waals surface area (Å²) in [4.78, 5) is 19.8. The Bertz CT molecular complexity index is 958. The van der Waals surface area contributed by atoms with Crippen LogP contribution in [0.3, 0.4) is 0 Å². The molecule has 1 atom stereocenters. The largest absolute Gasteiger partial charge is 0.376 e. The van der Waals surface area contributed by atoms with E-state index < -0.39 is 0 Å². The maximum absolute atomic E-state index is 13.4. The third kappa shape index (κ3) is 4.07. The van der Waals surface area contributed by atoms with Crippen LogP contribution in [0.5, 0.6) is 0 Å². The summed E-state index contributed by atoms with van der Waals surface area (Å²) in [5, 5.41) is 4.30. The van der Waals surface area contributed by atoms with Gasteiger partial charge in [0.1, 0.15) is 5.56 Å². The van der Waals surface area contributed by atoms with Gasteiger partial charge in [-0.2, -0.15) is 5.10 Å². The zero-order valence-electron chi connectivity index (χ0n) is 16.5. The lowest BCUT2D eigenvalue weighted by Crippen LogP contribution is -2.38. The minimum Gasteiger partial charge on any atom is -0.376 e. The third-order valence-corrected chi connectivity index (χ3v) is 5.26. The summed E-state index contributed by atoms with van der Waals surface area (Å²) < 4.78 is 7.45. The lowest BCUT2D eigenvalue weighted by Gasteiger charge is -2.25. The highest BCUT2D eigenvalue weighted by Gasteiger charge is 2.25. The van der Waals surface area contributed by atoms with Crippen molar-refractivity contribution in [3.05, 3.63) is 65.1 Å². The van der Waals surface area contributed by atoms with Crippen LogP contribution in [0, 0.1) is 13.8 Å². The Morgan fingerprint density at radius 1 is 1.25 bits per heavy atom. The van der Waals surface area contributed by atoms with E-state index in [9.17, 15) is 4.79 Å². The van der Waals surface area contributed by atoms with Gasteiger partial charge in [-0.05, 0) is 44.7 Å². The van der Waals surface area contributed by atoms with Gasteiger partial charge >= 0.3 is 0 Å². The summed E-state index contributed by atoms with van der Waals surface area (Å²) in [7, 11) is 0. The molecule has 4 rings (SSSR count). The molecule has 1 amide bonds. The molecule has 2 aromatic heterocycles. The number of ether oxygens (including phenoxy) is 1. The number of carbonyl (C=O) groups excluding carboxylic acids is 1. The van der Waals surface area contributed by atoms with Gasteiger partial charge < -0.3 is 9.64 Å². The topological polar surface area (TPSA) is 59.7 Å². The fourth-order valence-electron chi connectivity index (χ4n) is 3.61. The van der Waals surface area contributed by atoms with Crippen LogP contribution in [0.25, 0.3) is 5.65 Å². The van der Waals surface area contributed by atoms with Crippen molar-refractivity contribution < 1.29 is 9.53 Å². The Balaban J connectivity index is 1.56. The minimum atomic E-state index is -0.0317. The number of aromatic nitrogens is 3. The second kappa shape index (κ2) is 8.10. The Morgan fingerprint density at radius 2 is 2.07 bits per heavy atom. The number of rotatable bonds is 6. The van der Waals surface area contributed by atoms with E-state index in [1.165, 1.54) is 11.1 Å². The normalized spacial score (nSPS) is 16.6. The molecule has 1 aliphatic heterocycles. The fraction of sp³-hybridized carbons (Fsp3) is 0.409. The first-order valence-corrected chi connectivity index (χ1v) is 9.87. The van der Waals surface area contributed by atoms with Crippen LogP contribution in [0.2, 0.25) is 0 Å². The molecule has 6 heteroatoms. The Morgan fingerprint density at radius 3 is 2.82 bits per heavy atom. The highest BCUT2D eigenvalue weighted by atomic mass is 16.5. The van der Waals surface area contributed by atoms with Gasteiger partial charge in [-0.15, -0.1) is 0 Å². The van der Waals surface area contributed by atoms with Crippen molar-refractivity contribution >= 4 is 11.6 Å². The van der Waals surface area contributed by atoms with Crippen molar-refractivity contribution in [1.82, 2.24) is 19.5 Å². The van der Waals surface area contributed by atoms with Crippen LogP contribution in [0.1, 0.15) is 40.0 Å². The molecule has 0 saturated carbocycles. The molecule has 0 radical (unpaired) electrons. The molecule has 146 valence electrons. The predicted octanol–water partition coefficient (Wildman–Crippen LogP) is 3.21. The molecule has 0 spiro atoms. The summed E-state index contributed by atoms with van der Waals surface area (Å²) in [6.45, 7) is 6.03. The van der Waals surface area contributed by atoms with Crippen molar-refractivity contribution in [2.45, 2.75) is 39.2 Å². The number of hydrogen-bond acceptors (Lipinski definition) is 4. The molecular formula is C22H26N4O2. The van der Waals surface area contributed by atoms with Crippen LogP contribution < -0.4 is 0 Å². The van der Waals surface area contributed by atoms with E-state index in [0.29, 0.717) is 24.3 Å². The lowest BCUT2D eigenvalue weighted by atomic mass is 10.1. The molecule has 0 unspecified atom stereocenters. The molecule has 1 aliphatic rings. The van der Waals surface area contributed by atoms with Crippen molar-refractivity contribution in [3.63, 3.8) is 0 Å². The van der Waals surface area contributed by atoms with Crippen LogP contribution >= 0.6 is 0 Å². The van der Waals surface area contributed by atoms with Crippen molar-refractivity contribution in [2.75, 3.05) is 19.7 Å². The second-order valence-corrected chi connectivity index (χ2v) is 7.52. The standard InChI is InChI=1S/C22H26N4O2/c1-16-5-7-18(8-6-16)10-11-25(15-19-4-3-13-28-19)22(27)20-14-23-26-12-9-17(2)24-21(20)26/h5-9,12,14,19H,3-4,10-11,13,15H2,1-2H3/t19-/m1/s1. The van der Waals surface area contributed by atoms with E-state index >= 15 is 0 Å². The van der Waals surface area contributed by atoms with Crippen LogP contribution in [-0.2, 0) is 11.2 Å². The summed E-state index contributed by atoms with van der Waals surface area (Å²) in [6, 6.07) is 10.4. The van der Waals surface area contributed by atoms with Gasteiger partial charge in [-0.1, -0.05) is 29.8 Å². The molecule has 28 heavy (non-hydrogen) atoms. The Hall–Kier alpha value is -2.73. The molecule has 0 bridgehead atoms. The summed E-state index contributed by atoms with van der Waals surface area (Å²) in [5.74, 6) is -0.0317. The van der Waals surface area contributed by atoms with Crippen molar-refractivity contribution in [3.8, 4) is 0 Å². The number of carbonyl (C=O) groups is 1. The molecule has 1 fully saturated rings. The van der Waals surface area contributed by atoms with Crippen LogP contribution in [0.4, 0.5) is 0 Å². The summed E-state index contributed by atoms with van der Waals surface area (Å²) in [5.41, 5.74) is 4.49. The third-order valence-electron chi connectivity index (χ3n) is 5.26. The average Bonchev–Trinajstić information content (AvgIpc) is 3.35. The minimum absolute atomic E-state index is 0.0317. The molecule has 0 aliphatic carbocycles. The lowest BCUT2D eigenvalue weighted by molar-refractivity contribution is 0.0530. The zero-order valence-corrected chi connectivity index (χ0v) is 16.5. The van der Waals surface area contributed by atoms with Gasteiger partial charge in [0.05, 0.1) is 12.3 Å². The maximum atomic E-state index is 13.4. The van der Waals surface area contributed by atoms with Gasteiger partial charge in [0.15, 0.2) is 5.65 Å². The highest BCUT2D eigenvalue weighted by Crippen LogP contribution is 2.18. The molecule has 3 heterocycles. The van der Waals surface area contributed by atoms with Crippen molar-refractivity contribution in [2.24, 2.45) is 0 Å². The quantitative estimate of drug-likeness (QED) is 0.661. The number of hydrogen-bond donors (Lipinski definition) is 0. The number of aryl methyl sites for hydroxylation is 2. The smallest absolute Gasteiger partial charge is 0.259 e. The van der Waals surface area contributed by atoms with E-state index in [0.717, 1.165) is 31.6 Å². The number of fused-ring (bicyclic) bond motifs is 1. The molecule has 0 N–H and O–H groups in total. The monoisotopic (exact) mass is 378 g/mol. The zero-order chi connectivity index (χ0) is 19.5. The molecular weight excluding hydrogens is 352 g/mol. The first kappa shape index (κ1) is 18.6. The predicted molar refractivity (Wildman–Crippen MR) is 107 cm³/mol. The van der Waals surface area contributed by atoms with Gasteiger partial charge in [0.25, 0.3) is 5.91 Å². The fourth-order valence-corrected chi connectivity index (χ4v) is 3.61. The van der Waals surface area contributed by atoms with Crippen LogP contribution in [0.15, 0.2) is 42.7 Å². The van der Waals surface area contributed by atoms with E-state index in [2.05, 4.69) is 41.3 Å². The Labute approximate surface area is 165 Å². The van der Waals surface area contributed by atoms with Crippen molar-refractivity contribution in [1.29, 1.82) is 0 Å². The molecule has 1 saturated heterocycles. The first-order chi connectivity index (χ1) is 13.6. The van der Waals surface area contributed by atoms with Crippen LogP contribution in [-0.4, -0.2) is 51.2 Å². The number of amides is 1. The second-order valence-electron chi connectivity index (χ2n) is 7.52. The number of nitrogens with zero attached hydrogens (tertiary/aromatic N) is 4. The number of benzene rings is 1. The van der Waals surface area contributed by atoms with E-state index in [-0.39, 0.29) is 12.0 Å². The van der Waals surface area contributed by atoms with E-state index in [1.54, 1.807) is 10.7 Å². The van der Waals surface area contributed by atoms with Gasteiger partial charge in [0.2, 0.25) is 0 Å². The highest BCUT2D eigenvalue weighted by molar-refractivity contribution is 5.99. The van der Waals surface area contributed by atoms with Gasteiger partial charge in [-0.3, -0.25) is 4.79 Å². The maximum Gasteiger partial charge on any atom is 0.259 e. The average molecular weight is 378 g/mol. The van der Waals surface area contributed by atoms with Gasteiger partial charge in [0, 0.05) is 31.6 Å². The summed E-state index contributed by atoms with van der Waals surface area (Å²) in [6.07, 6.45) is 6.44. The molecule has 1 aromatic carbocycles. The van der Waals surface area contributed by atoms with Gasteiger partial charge in [-0.25, -0.2) is 9.50 Å². The van der Waals surface area contributed by atoms with E-state index in [1.807, 2.05) is 24.1 Å². The molecule has 6 nitrogen and oxygen atoms in total. The Kier molecular flexibility index (Phi) is 5.39. The molecule has 3 aromatic rings.